The summed E-state index contributed by atoms with van der Waals surface area (Å²) in [5.41, 5.74) is 1.56. The molecule has 1 N–H and O–H groups in total. The monoisotopic (exact) mass is 358 g/mol. The average Bonchev–Trinajstić information content (AvgIpc) is 3.29. The third-order valence-corrected chi connectivity index (χ3v) is 4.95. The topological polar surface area (TPSA) is 51.2 Å². The minimum absolute atomic E-state index is 0.114. The lowest BCUT2D eigenvalue weighted by molar-refractivity contribution is 0.0948. The molecule has 3 aromatic rings. The van der Waals surface area contributed by atoms with Gasteiger partial charge in [0.25, 0.3) is 5.91 Å². The number of nitrogens with one attached hydrogen (secondary N) is 1. The summed E-state index contributed by atoms with van der Waals surface area (Å²) in [5.74, 6) is 0.765. The van der Waals surface area contributed by atoms with E-state index in [0.29, 0.717) is 18.8 Å². The molecular weight excluding hydrogens is 340 g/mol. The van der Waals surface area contributed by atoms with E-state index in [1.807, 2.05) is 47.2 Å². The molecule has 1 amide bonds. The second kappa shape index (κ2) is 8.61. The molecule has 24 heavy (non-hydrogen) atoms. The second-order valence-corrected chi connectivity index (χ2v) is 6.81. The largest absolute Gasteiger partial charge is 0.494 e. The zero-order chi connectivity index (χ0) is 16.6. The highest BCUT2D eigenvalue weighted by Crippen LogP contribution is 2.25. The summed E-state index contributed by atoms with van der Waals surface area (Å²) >= 11 is 3.12. The van der Waals surface area contributed by atoms with Gasteiger partial charge in [-0.1, -0.05) is 18.2 Å². The van der Waals surface area contributed by atoms with E-state index in [1.54, 1.807) is 16.7 Å². The number of hydrogen-bond donors (Lipinski definition) is 1. The van der Waals surface area contributed by atoms with Crippen LogP contribution < -0.4 is 10.1 Å². The first kappa shape index (κ1) is 16.7. The van der Waals surface area contributed by atoms with E-state index >= 15 is 0 Å². The van der Waals surface area contributed by atoms with Gasteiger partial charge in [0, 0.05) is 22.9 Å². The molecule has 0 saturated carbocycles. The summed E-state index contributed by atoms with van der Waals surface area (Å²) in [6.45, 7) is 1.28. The number of benzene rings is 1. The highest BCUT2D eigenvalue weighted by Gasteiger charge is 2.11. The smallest absolute Gasteiger partial charge is 0.270 e. The van der Waals surface area contributed by atoms with E-state index in [-0.39, 0.29) is 5.91 Å². The summed E-state index contributed by atoms with van der Waals surface area (Å²) in [7, 11) is 0. The van der Waals surface area contributed by atoms with Crippen LogP contribution in [0.25, 0.3) is 10.6 Å². The quantitative estimate of drug-likeness (QED) is 0.605. The molecule has 0 bridgehead atoms. The normalized spacial score (nSPS) is 10.5. The van der Waals surface area contributed by atoms with Gasteiger partial charge in [-0.2, -0.15) is 11.3 Å². The van der Waals surface area contributed by atoms with Crippen molar-refractivity contribution in [3.8, 4) is 16.3 Å². The number of carbonyl (C=O) groups is 1. The molecule has 2 aromatic heterocycles. The minimum Gasteiger partial charge on any atom is -0.494 e. The third-order valence-electron chi connectivity index (χ3n) is 3.37. The van der Waals surface area contributed by atoms with E-state index in [4.69, 9.17) is 4.74 Å². The minimum atomic E-state index is -0.114. The Labute approximate surface area is 149 Å². The number of hydrogen-bond acceptors (Lipinski definition) is 5. The van der Waals surface area contributed by atoms with Crippen molar-refractivity contribution in [2.75, 3.05) is 13.2 Å². The van der Waals surface area contributed by atoms with Crippen molar-refractivity contribution in [1.82, 2.24) is 10.3 Å². The number of aromatic nitrogens is 1. The van der Waals surface area contributed by atoms with Crippen LogP contribution in [0.1, 0.15) is 23.3 Å². The van der Waals surface area contributed by atoms with Gasteiger partial charge in [0.1, 0.15) is 16.5 Å². The second-order valence-electron chi connectivity index (χ2n) is 5.17. The van der Waals surface area contributed by atoms with E-state index in [9.17, 15) is 4.79 Å². The number of thiazole rings is 1. The van der Waals surface area contributed by atoms with Crippen LogP contribution in [-0.4, -0.2) is 24.0 Å². The Morgan fingerprint density at radius 2 is 2.00 bits per heavy atom. The number of thiophene rings is 1. The zero-order valence-corrected chi connectivity index (χ0v) is 14.7. The molecule has 0 atom stereocenters. The van der Waals surface area contributed by atoms with Crippen molar-refractivity contribution in [2.45, 2.75) is 12.8 Å². The van der Waals surface area contributed by atoms with Gasteiger partial charge in [-0.15, -0.1) is 11.3 Å². The fraction of sp³-hybridized carbons (Fsp3) is 0.222. The van der Waals surface area contributed by atoms with Gasteiger partial charge < -0.3 is 10.1 Å². The Morgan fingerprint density at radius 3 is 2.79 bits per heavy atom. The van der Waals surface area contributed by atoms with Crippen molar-refractivity contribution in [3.63, 3.8) is 0 Å². The predicted octanol–water partition coefficient (Wildman–Crippen LogP) is 4.46. The summed E-state index contributed by atoms with van der Waals surface area (Å²) in [6, 6.07) is 11.8. The molecule has 1 aromatic carbocycles. The SMILES string of the molecule is O=C(NCCCCOc1ccccc1)c1csc(-c2ccsc2)n1. The molecule has 3 rings (SSSR count). The van der Waals surface area contributed by atoms with Gasteiger partial charge in [-0.05, 0) is 36.4 Å². The molecule has 0 saturated heterocycles. The molecular formula is C18H18N2O2S2. The van der Waals surface area contributed by atoms with Gasteiger partial charge >= 0.3 is 0 Å². The van der Waals surface area contributed by atoms with Crippen molar-refractivity contribution < 1.29 is 9.53 Å². The van der Waals surface area contributed by atoms with Crippen molar-refractivity contribution in [1.29, 1.82) is 0 Å². The van der Waals surface area contributed by atoms with Gasteiger partial charge in [0.05, 0.1) is 6.61 Å². The zero-order valence-electron chi connectivity index (χ0n) is 13.1. The lowest BCUT2D eigenvalue weighted by Crippen LogP contribution is -2.25. The number of rotatable bonds is 8. The maximum absolute atomic E-state index is 12.1. The van der Waals surface area contributed by atoms with Crippen LogP contribution in [0.5, 0.6) is 5.75 Å². The van der Waals surface area contributed by atoms with E-state index in [1.165, 1.54) is 11.3 Å². The number of amides is 1. The predicted molar refractivity (Wildman–Crippen MR) is 98.9 cm³/mol. The van der Waals surface area contributed by atoms with Crippen molar-refractivity contribution >= 4 is 28.6 Å². The van der Waals surface area contributed by atoms with Crippen LogP contribution in [-0.2, 0) is 0 Å². The van der Waals surface area contributed by atoms with Gasteiger partial charge in [0.15, 0.2) is 0 Å². The molecule has 0 aliphatic heterocycles. The van der Waals surface area contributed by atoms with E-state index in [0.717, 1.165) is 29.2 Å². The summed E-state index contributed by atoms with van der Waals surface area (Å²) in [4.78, 5) is 16.5. The first-order valence-electron chi connectivity index (χ1n) is 7.77. The number of para-hydroxylation sites is 1. The van der Waals surface area contributed by atoms with Crippen LogP contribution in [0, 0.1) is 0 Å². The average molecular weight is 358 g/mol. The molecule has 6 heteroatoms. The molecule has 124 valence electrons. The van der Waals surface area contributed by atoms with Crippen LogP contribution in [0.4, 0.5) is 0 Å². The van der Waals surface area contributed by atoms with Crippen LogP contribution in [0.15, 0.2) is 52.5 Å². The van der Waals surface area contributed by atoms with Gasteiger partial charge in [-0.3, -0.25) is 4.79 Å². The first-order valence-corrected chi connectivity index (χ1v) is 9.59. The van der Waals surface area contributed by atoms with Crippen molar-refractivity contribution in [2.24, 2.45) is 0 Å². The standard InChI is InChI=1S/C18H18N2O2S2/c21-17(16-13-24-18(20-16)14-8-11-23-12-14)19-9-4-5-10-22-15-6-2-1-3-7-15/h1-3,6-8,11-13H,4-5,9-10H2,(H,19,21). The Morgan fingerprint density at radius 1 is 1.12 bits per heavy atom. The number of unbranched alkanes of at least 4 members (excludes halogenated alkanes) is 1. The summed E-state index contributed by atoms with van der Waals surface area (Å²) in [5, 5.41) is 9.64. The molecule has 0 radical (unpaired) electrons. The fourth-order valence-electron chi connectivity index (χ4n) is 2.12. The Balaban J connectivity index is 1.35. The number of ether oxygens (including phenoxy) is 1. The summed E-state index contributed by atoms with van der Waals surface area (Å²) in [6.07, 6.45) is 1.77. The van der Waals surface area contributed by atoms with E-state index < -0.39 is 0 Å². The lowest BCUT2D eigenvalue weighted by Gasteiger charge is -2.06. The summed E-state index contributed by atoms with van der Waals surface area (Å²) < 4.78 is 5.62. The molecule has 0 spiro atoms. The van der Waals surface area contributed by atoms with Gasteiger partial charge in [0.2, 0.25) is 0 Å². The molecule has 0 fully saturated rings. The highest BCUT2D eigenvalue weighted by molar-refractivity contribution is 7.14. The Bertz CT molecular complexity index is 754. The van der Waals surface area contributed by atoms with Crippen LogP contribution in [0.2, 0.25) is 0 Å². The molecule has 2 heterocycles. The molecule has 0 unspecified atom stereocenters. The number of nitrogens with zero attached hydrogens (tertiary/aromatic N) is 1. The highest BCUT2D eigenvalue weighted by atomic mass is 32.1. The third kappa shape index (κ3) is 4.66. The molecule has 0 aliphatic carbocycles. The van der Waals surface area contributed by atoms with Crippen molar-refractivity contribution in [3.05, 3.63) is 58.2 Å². The van der Waals surface area contributed by atoms with Gasteiger partial charge in [-0.25, -0.2) is 4.98 Å². The maximum atomic E-state index is 12.1. The van der Waals surface area contributed by atoms with E-state index in [2.05, 4.69) is 10.3 Å². The number of carbonyl (C=O) groups excluding carboxylic acids is 1. The van der Waals surface area contributed by atoms with Crippen LogP contribution in [0.3, 0.4) is 0 Å². The molecule has 4 nitrogen and oxygen atoms in total. The maximum Gasteiger partial charge on any atom is 0.270 e. The van der Waals surface area contributed by atoms with Crippen LogP contribution >= 0.6 is 22.7 Å². The Kier molecular flexibility index (Phi) is 5.98. The lowest BCUT2D eigenvalue weighted by atomic mass is 10.3. The fourth-order valence-corrected chi connectivity index (χ4v) is 3.64. The Hall–Kier alpha value is -2.18. The first-order chi connectivity index (χ1) is 11.8. The molecule has 0 aliphatic rings.